The second kappa shape index (κ2) is 5.93. The van der Waals surface area contributed by atoms with Crippen molar-refractivity contribution in [3.05, 3.63) is 11.8 Å². The minimum Gasteiger partial charge on any atom is -0.421 e. The van der Waals surface area contributed by atoms with Crippen molar-refractivity contribution < 1.29 is 13.9 Å². The highest BCUT2D eigenvalue weighted by Gasteiger charge is 2.22. The van der Waals surface area contributed by atoms with E-state index < -0.39 is 0 Å². The zero-order valence-corrected chi connectivity index (χ0v) is 9.44. The summed E-state index contributed by atoms with van der Waals surface area (Å²) in [7, 11) is 0. The van der Waals surface area contributed by atoms with Gasteiger partial charge in [0.05, 0.1) is 26.4 Å². The summed E-state index contributed by atoms with van der Waals surface area (Å²) in [5.74, 6) is 1.10. The Morgan fingerprint density at radius 1 is 1.38 bits per heavy atom. The maximum absolute atomic E-state index is 5.48. The molecule has 0 saturated carbocycles. The first-order valence-electron chi connectivity index (χ1n) is 5.62. The summed E-state index contributed by atoms with van der Waals surface area (Å²) in [5.41, 5.74) is 0. The SMILES string of the molecule is CCCNCc1nnc(C2COCCO2)o1. The molecule has 1 fully saturated rings. The largest absolute Gasteiger partial charge is 0.421 e. The quantitative estimate of drug-likeness (QED) is 0.745. The van der Waals surface area contributed by atoms with Crippen LogP contribution in [0.1, 0.15) is 31.2 Å². The van der Waals surface area contributed by atoms with E-state index in [9.17, 15) is 0 Å². The molecular formula is C10H17N3O3. The third-order valence-electron chi connectivity index (χ3n) is 2.28. The molecule has 2 rings (SSSR count). The molecule has 2 heterocycles. The number of hydrogen-bond donors (Lipinski definition) is 1. The number of rotatable bonds is 5. The Kier molecular flexibility index (Phi) is 4.26. The predicted molar refractivity (Wildman–Crippen MR) is 55.8 cm³/mol. The lowest BCUT2D eigenvalue weighted by molar-refractivity contribution is -0.0999. The van der Waals surface area contributed by atoms with Gasteiger partial charge in [0.1, 0.15) is 0 Å². The fourth-order valence-electron chi connectivity index (χ4n) is 1.47. The monoisotopic (exact) mass is 227 g/mol. The van der Waals surface area contributed by atoms with Crippen molar-refractivity contribution in [3.63, 3.8) is 0 Å². The van der Waals surface area contributed by atoms with E-state index in [0.29, 0.717) is 38.1 Å². The summed E-state index contributed by atoms with van der Waals surface area (Å²) in [4.78, 5) is 0. The van der Waals surface area contributed by atoms with Gasteiger partial charge in [-0.3, -0.25) is 0 Å². The van der Waals surface area contributed by atoms with Gasteiger partial charge >= 0.3 is 0 Å². The van der Waals surface area contributed by atoms with Crippen molar-refractivity contribution >= 4 is 0 Å². The topological polar surface area (TPSA) is 69.4 Å². The van der Waals surface area contributed by atoms with Crippen LogP contribution >= 0.6 is 0 Å². The average molecular weight is 227 g/mol. The molecule has 1 unspecified atom stereocenters. The zero-order chi connectivity index (χ0) is 11.2. The van der Waals surface area contributed by atoms with Gasteiger partial charge in [-0.05, 0) is 13.0 Å². The fourth-order valence-corrected chi connectivity index (χ4v) is 1.47. The van der Waals surface area contributed by atoms with Crippen LogP contribution in [0.25, 0.3) is 0 Å². The minimum absolute atomic E-state index is 0.207. The molecule has 0 bridgehead atoms. The first-order chi connectivity index (χ1) is 7.90. The molecule has 0 aliphatic carbocycles. The van der Waals surface area contributed by atoms with Crippen LogP contribution in [0.4, 0.5) is 0 Å². The predicted octanol–water partition coefficient (Wildman–Crippen LogP) is 0.657. The molecule has 90 valence electrons. The van der Waals surface area contributed by atoms with Gasteiger partial charge in [-0.15, -0.1) is 10.2 Å². The molecule has 1 N–H and O–H groups in total. The van der Waals surface area contributed by atoms with Crippen LogP contribution in [0.2, 0.25) is 0 Å². The summed E-state index contributed by atoms with van der Waals surface area (Å²) in [6.07, 6.45) is 0.877. The normalized spacial score (nSPS) is 21.2. The number of ether oxygens (including phenoxy) is 2. The van der Waals surface area contributed by atoms with E-state index in [2.05, 4.69) is 22.4 Å². The first kappa shape index (κ1) is 11.5. The van der Waals surface area contributed by atoms with Crippen LogP contribution in [-0.2, 0) is 16.0 Å². The van der Waals surface area contributed by atoms with Gasteiger partial charge in [-0.2, -0.15) is 0 Å². The molecule has 1 aromatic rings. The Morgan fingerprint density at radius 2 is 2.31 bits per heavy atom. The number of hydrogen-bond acceptors (Lipinski definition) is 6. The number of nitrogens with zero attached hydrogens (tertiary/aromatic N) is 2. The molecule has 1 saturated heterocycles. The summed E-state index contributed by atoms with van der Waals surface area (Å²) in [6.45, 7) is 5.37. The molecule has 0 aromatic carbocycles. The molecule has 0 spiro atoms. The Bertz CT molecular complexity index is 310. The van der Waals surface area contributed by atoms with E-state index in [1.807, 2.05) is 0 Å². The van der Waals surface area contributed by atoms with Crippen molar-refractivity contribution in [3.8, 4) is 0 Å². The highest BCUT2D eigenvalue weighted by Crippen LogP contribution is 2.18. The van der Waals surface area contributed by atoms with Gasteiger partial charge in [0.25, 0.3) is 0 Å². The molecule has 1 atom stereocenters. The maximum Gasteiger partial charge on any atom is 0.247 e. The fraction of sp³-hybridized carbons (Fsp3) is 0.800. The maximum atomic E-state index is 5.48. The van der Waals surface area contributed by atoms with E-state index in [1.165, 1.54) is 0 Å². The first-order valence-corrected chi connectivity index (χ1v) is 5.62. The van der Waals surface area contributed by atoms with Crippen LogP contribution in [-0.4, -0.2) is 36.6 Å². The Labute approximate surface area is 94.3 Å². The van der Waals surface area contributed by atoms with Crippen molar-refractivity contribution in [2.24, 2.45) is 0 Å². The van der Waals surface area contributed by atoms with Crippen LogP contribution < -0.4 is 5.32 Å². The van der Waals surface area contributed by atoms with Gasteiger partial charge in [-0.25, -0.2) is 0 Å². The van der Waals surface area contributed by atoms with E-state index >= 15 is 0 Å². The van der Waals surface area contributed by atoms with Crippen molar-refractivity contribution in [1.82, 2.24) is 15.5 Å². The van der Waals surface area contributed by atoms with Crippen LogP contribution in [0.15, 0.2) is 4.42 Å². The summed E-state index contributed by atoms with van der Waals surface area (Å²) in [5, 5.41) is 11.1. The van der Waals surface area contributed by atoms with Crippen LogP contribution in [0, 0.1) is 0 Å². The third-order valence-corrected chi connectivity index (χ3v) is 2.28. The Hall–Kier alpha value is -0.980. The Balaban J connectivity index is 1.85. The second-order valence-corrected chi connectivity index (χ2v) is 3.65. The van der Waals surface area contributed by atoms with Gasteiger partial charge in [-0.1, -0.05) is 6.92 Å². The summed E-state index contributed by atoms with van der Waals surface area (Å²) >= 11 is 0. The highest BCUT2D eigenvalue weighted by atomic mass is 16.6. The van der Waals surface area contributed by atoms with Crippen LogP contribution in [0.5, 0.6) is 0 Å². The smallest absolute Gasteiger partial charge is 0.247 e. The highest BCUT2D eigenvalue weighted by molar-refractivity contribution is 4.87. The van der Waals surface area contributed by atoms with E-state index in [0.717, 1.165) is 13.0 Å². The average Bonchev–Trinajstić information content (AvgIpc) is 2.79. The second-order valence-electron chi connectivity index (χ2n) is 3.65. The molecule has 16 heavy (non-hydrogen) atoms. The minimum atomic E-state index is -0.207. The molecule has 1 aromatic heterocycles. The third kappa shape index (κ3) is 3.01. The zero-order valence-electron chi connectivity index (χ0n) is 9.44. The van der Waals surface area contributed by atoms with Gasteiger partial charge in [0, 0.05) is 0 Å². The summed E-state index contributed by atoms with van der Waals surface area (Å²) < 4.78 is 16.2. The Morgan fingerprint density at radius 3 is 3.06 bits per heavy atom. The molecule has 0 radical (unpaired) electrons. The van der Waals surface area contributed by atoms with E-state index in [4.69, 9.17) is 13.9 Å². The molecule has 6 nitrogen and oxygen atoms in total. The lowest BCUT2D eigenvalue weighted by Crippen LogP contribution is -2.22. The number of aromatic nitrogens is 2. The van der Waals surface area contributed by atoms with Gasteiger partial charge < -0.3 is 19.2 Å². The molecule has 1 aliphatic heterocycles. The van der Waals surface area contributed by atoms with Crippen LogP contribution in [0.3, 0.4) is 0 Å². The number of nitrogens with one attached hydrogen (secondary N) is 1. The lowest BCUT2D eigenvalue weighted by Gasteiger charge is -2.19. The van der Waals surface area contributed by atoms with Gasteiger partial charge in [0.2, 0.25) is 11.8 Å². The van der Waals surface area contributed by atoms with Crippen molar-refractivity contribution in [1.29, 1.82) is 0 Å². The molecule has 0 amide bonds. The summed E-state index contributed by atoms with van der Waals surface area (Å²) in [6, 6.07) is 0. The molecular weight excluding hydrogens is 210 g/mol. The van der Waals surface area contributed by atoms with E-state index in [1.54, 1.807) is 0 Å². The van der Waals surface area contributed by atoms with Gasteiger partial charge in [0.15, 0.2) is 6.10 Å². The van der Waals surface area contributed by atoms with Crippen molar-refractivity contribution in [2.75, 3.05) is 26.4 Å². The lowest BCUT2D eigenvalue weighted by atomic mass is 10.3. The molecule has 1 aliphatic rings. The standard InChI is InChI=1S/C10H17N3O3/c1-2-3-11-6-9-12-13-10(16-9)8-7-14-4-5-15-8/h8,11H,2-7H2,1H3. The van der Waals surface area contributed by atoms with Crippen molar-refractivity contribution in [2.45, 2.75) is 26.0 Å². The molecule has 6 heteroatoms. The van der Waals surface area contributed by atoms with E-state index in [-0.39, 0.29) is 6.10 Å².